The van der Waals surface area contributed by atoms with Gasteiger partial charge in [0.1, 0.15) is 17.2 Å². The zero-order valence-corrected chi connectivity index (χ0v) is 27.4. The first-order chi connectivity index (χ1) is 22.9. The topological polar surface area (TPSA) is 147 Å². The number of aromatic nitrogens is 1. The van der Waals surface area contributed by atoms with Crippen LogP contribution in [-0.2, 0) is 25.6 Å². The molecule has 4 heterocycles. The highest BCUT2D eigenvalue weighted by atomic mass is 19.1. The molecule has 260 valence electrons. The van der Waals surface area contributed by atoms with Gasteiger partial charge in [0, 0.05) is 37.0 Å². The lowest BCUT2D eigenvalue weighted by Crippen LogP contribution is -2.52. The number of pyridine rings is 1. The number of carbonyl (C=O) groups is 3. The van der Waals surface area contributed by atoms with Crippen LogP contribution in [0.25, 0.3) is 0 Å². The second-order valence-corrected chi connectivity index (χ2v) is 12.7. The molecule has 2 amide bonds. The van der Waals surface area contributed by atoms with E-state index in [0.717, 1.165) is 18.9 Å². The molecular weight excluding hydrogens is 634 g/mol. The predicted molar refractivity (Wildman–Crippen MR) is 166 cm³/mol. The van der Waals surface area contributed by atoms with Crippen LogP contribution in [0.2, 0.25) is 0 Å². The van der Waals surface area contributed by atoms with Crippen LogP contribution in [0.5, 0.6) is 5.75 Å². The minimum absolute atomic E-state index is 0.0125. The quantitative estimate of drug-likeness (QED) is 0.204. The molecular formula is C33H40F2N4O9. The molecule has 13 nitrogen and oxygen atoms in total. The lowest BCUT2D eigenvalue weighted by molar-refractivity contribution is -0.0658. The molecule has 1 saturated heterocycles. The second-order valence-electron chi connectivity index (χ2n) is 12.7. The van der Waals surface area contributed by atoms with Crippen LogP contribution in [0.3, 0.4) is 0 Å². The number of hydrogen-bond acceptors (Lipinski definition) is 10. The van der Waals surface area contributed by atoms with Gasteiger partial charge in [0.15, 0.2) is 11.3 Å². The molecule has 0 unspecified atom stereocenters. The van der Waals surface area contributed by atoms with Crippen molar-refractivity contribution in [2.24, 2.45) is 11.1 Å². The lowest BCUT2D eigenvalue weighted by Gasteiger charge is -2.42. The van der Waals surface area contributed by atoms with E-state index < -0.39 is 64.8 Å². The van der Waals surface area contributed by atoms with Gasteiger partial charge in [-0.2, -0.15) is 0 Å². The Labute approximate surface area is 276 Å². The predicted octanol–water partition coefficient (Wildman–Crippen LogP) is 4.67. The fraction of sp³-hybridized carbons (Fsp3) is 0.545. The highest BCUT2D eigenvalue weighted by molar-refractivity contribution is 5.99. The number of fused-ring (bicyclic) bond motifs is 5. The van der Waals surface area contributed by atoms with Gasteiger partial charge in [-0.25, -0.2) is 13.6 Å². The van der Waals surface area contributed by atoms with E-state index >= 15 is 0 Å². The van der Waals surface area contributed by atoms with E-state index in [9.17, 15) is 28.0 Å². The Morgan fingerprint density at radius 1 is 1.19 bits per heavy atom. The molecule has 1 N–H and O–H groups in total. The van der Waals surface area contributed by atoms with Gasteiger partial charge in [-0.05, 0) is 44.6 Å². The Balaban J connectivity index is 1.46. The van der Waals surface area contributed by atoms with E-state index in [1.807, 2.05) is 6.92 Å². The van der Waals surface area contributed by atoms with Crippen molar-refractivity contribution in [1.29, 1.82) is 0 Å². The average Bonchev–Trinajstić information content (AvgIpc) is 3.43. The van der Waals surface area contributed by atoms with E-state index in [4.69, 9.17) is 23.8 Å². The molecule has 15 heteroatoms. The van der Waals surface area contributed by atoms with Crippen LogP contribution >= 0.6 is 0 Å². The van der Waals surface area contributed by atoms with Crippen LogP contribution in [0.15, 0.2) is 34.3 Å². The van der Waals surface area contributed by atoms with E-state index in [1.54, 1.807) is 4.90 Å². The normalized spacial score (nSPS) is 21.3. The number of hydrogen-bond donors (Lipinski definition) is 1. The number of amides is 2. The summed E-state index contributed by atoms with van der Waals surface area (Å²) in [5.41, 5.74) is -2.55. The number of carbonyl (C=O) groups excluding carboxylic acids is 3. The Hall–Kier alpha value is -4.69. The van der Waals surface area contributed by atoms with E-state index in [0.29, 0.717) is 37.1 Å². The number of nitrogens with one attached hydrogen (secondary N) is 1. The first-order valence-electron chi connectivity index (χ1n) is 16.0. The first kappa shape index (κ1) is 34.6. The Morgan fingerprint density at radius 3 is 2.69 bits per heavy atom. The minimum atomic E-state index is -1.02. The molecule has 1 aromatic heterocycles. The van der Waals surface area contributed by atoms with Crippen molar-refractivity contribution in [2.45, 2.75) is 83.5 Å². The SMILES string of the molecule is COC1=NO[C@@]2(CC[C@H](C)N3C[C@H]2n2cc(C(=O)NCc4ccc(F)cc4F)c(=O)c(OCOC(=O)OCCCCC(C)C)c2C3=O)C1. The summed E-state index contributed by atoms with van der Waals surface area (Å²) in [6.07, 6.45) is 4.00. The van der Waals surface area contributed by atoms with Crippen molar-refractivity contribution in [3.63, 3.8) is 0 Å². The van der Waals surface area contributed by atoms with Gasteiger partial charge < -0.3 is 38.6 Å². The minimum Gasteiger partial charge on any atom is -0.482 e. The third kappa shape index (κ3) is 7.24. The summed E-state index contributed by atoms with van der Waals surface area (Å²) in [4.78, 5) is 61.2. The molecule has 2 aromatic rings. The standard InChI is InChI=1S/C33H40F2N4O9/c1-19(2)7-5-6-12-45-32(43)47-18-46-29-27-31(42)38-17-25(33(11-10-20(38)3)14-26(44-4)37-48-33)39(27)16-23(28(29)40)30(41)36-15-21-8-9-22(34)13-24(21)35/h8-9,13,16,19-20,25H,5-7,10-12,14-15,17-18H2,1-4H3,(H,36,41)/t20-,25+,33-/m0/s1. The van der Waals surface area contributed by atoms with Crippen LogP contribution < -0.4 is 15.5 Å². The van der Waals surface area contributed by atoms with Crippen molar-refractivity contribution >= 4 is 23.9 Å². The largest absolute Gasteiger partial charge is 0.511 e. The highest BCUT2D eigenvalue weighted by Crippen LogP contribution is 2.46. The number of unbranched alkanes of at least 4 members (excludes halogenated alkanes) is 1. The number of ether oxygens (including phenoxy) is 4. The summed E-state index contributed by atoms with van der Waals surface area (Å²) in [6.45, 7) is 5.23. The fourth-order valence-electron chi connectivity index (χ4n) is 6.24. The molecule has 0 saturated carbocycles. The highest BCUT2D eigenvalue weighted by Gasteiger charge is 2.55. The second kappa shape index (κ2) is 14.6. The number of methoxy groups -OCH3 is 1. The van der Waals surface area contributed by atoms with Crippen LogP contribution in [0.4, 0.5) is 13.6 Å². The van der Waals surface area contributed by atoms with Gasteiger partial charge in [0.25, 0.3) is 11.8 Å². The first-order valence-corrected chi connectivity index (χ1v) is 16.0. The lowest BCUT2D eigenvalue weighted by atomic mass is 9.85. The summed E-state index contributed by atoms with van der Waals surface area (Å²) in [7, 11) is 1.47. The Bertz CT molecular complexity index is 1650. The average molecular weight is 675 g/mol. The summed E-state index contributed by atoms with van der Waals surface area (Å²) in [5, 5.41) is 6.58. The third-order valence-electron chi connectivity index (χ3n) is 8.98. The Kier molecular flexibility index (Phi) is 10.5. The number of benzene rings is 1. The van der Waals surface area contributed by atoms with Gasteiger partial charge in [0.05, 0.1) is 26.2 Å². The van der Waals surface area contributed by atoms with Gasteiger partial charge in [0.2, 0.25) is 23.9 Å². The zero-order chi connectivity index (χ0) is 34.6. The molecule has 5 rings (SSSR count). The summed E-state index contributed by atoms with van der Waals surface area (Å²) in [6, 6.07) is 2.01. The van der Waals surface area contributed by atoms with Crippen molar-refractivity contribution in [3.05, 3.63) is 63.1 Å². The van der Waals surface area contributed by atoms with Crippen molar-refractivity contribution < 1.29 is 46.9 Å². The molecule has 3 atom stereocenters. The van der Waals surface area contributed by atoms with E-state index in [1.165, 1.54) is 23.9 Å². The van der Waals surface area contributed by atoms with Crippen LogP contribution in [0.1, 0.15) is 91.7 Å². The number of oxime groups is 1. The number of rotatable bonds is 11. The maximum Gasteiger partial charge on any atom is 0.511 e. The van der Waals surface area contributed by atoms with Gasteiger partial charge in [-0.3, -0.25) is 14.4 Å². The third-order valence-corrected chi connectivity index (χ3v) is 8.98. The molecule has 3 aliphatic heterocycles. The Morgan fingerprint density at radius 2 is 1.98 bits per heavy atom. The molecule has 1 fully saturated rings. The molecule has 2 bridgehead atoms. The van der Waals surface area contributed by atoms with Crippen LogP contribution in [0, 0.1) is 17.6 Å². The number of nitrogens with zero attached hydrogens (tertiary/aromatic N) is 3. The van der Waals surface area contributed by atoms with E-state index in [-0.39, 0.29) is 43.4 Å². The molecule has 48 heavy (non-hydrogen) atoms. The summed E-state index contributed by atoms with van der Waals surface area (Å²) < 4.78 is 50.4. The maximum absolute atomic E-state index is 14.3. The van der Waals surface area contributed by atoms with Gasteiger partial charge in [-0.1, -0.05) is 31.5 Å². The zero-order valence-electron chi connectivity index (χ0n) is 27.4. The van der Waals surface area contributed by atoms with E-state index in [2.05, 4.69) is 24.3 Å². The van der Waals surface area contributed by atoms with Gasteiger partial charge >= 0.3 is 6.16 Å². The molecule has 0 radical (unpaired) electrons. The summed E-state index contributed by atoms with van der Waals surface area (Å²) >= 11 is 0. The van der Waals surface area contributed by atoms with Crippen molar-refractivity contribution in [1.82, 2.24) is 14.8 Å². The fourth-order valence-corrected chi connectivity index (χ4v) is 6.24. The van der Waals surface area contributed by atoms with Crippen molar-refractivity contribution in [3.8, 4) is 5.75 Å². The molecule has 0 aliphatic carbocycles. The summed E-state index contributed by atoms with van der Waals surface area (Å²) in [5.74, 6) is -2.74. The maximum atomic E-state index is 14.3. The molecule has 3 aliphatic rings. The number of halogens is 2. The monoisotopic (exact) mass is 674 g/mol. The van der Waals surface area contributed by atoms with Crippen LogP contribution in [-0.4, -0.2) is 72.0 Å². The molecule has 1 aromatic carbocycles. The smallest absolute Gasteiger partial charge is 0.482 e. The van der Waals surface area contributed by atoms with Gasteiger partial charge in [-0.15, -0.1) is 0 Å². The molecule has 1 spiro atoms. The van der Waals surface area contributed by atoms with Crippen molar-refractivity contribution in [2.75, 3.05) is 27.1 Å².